The van der Waals surface area contributed by atoms with E-state index in [1.807, 2.05) is 31.0 Å². The molecule has 1 aliphatic heterocycles. The van der Waals surface area contributed by atoms with Gasteiger partial charge in [0, 0.05) is 25.3 Å². The SMILES string of the molecule is CNC1CCN(C(=O)c2ncccc2C)CC1. The second-order valence-corrected chi connectivity index (χ2v) is 4.52. The average Bonchev–Trinajstić information content (AvgIpc) is 2.39. The van der Waals surface area contributed by atoms with E-state index in [-0.39, 0.29) is 5.91 Å². The van der Waals surface area contributed by atoms with Gasteiger partial charge in [-0.25, -0.2) is 0 Å². The van der Waals surface area contributed by atoms with Crippen LogP contribution in [0.1, 0.15) is 28.9 Å². The van der Waals surface area contributed by atoms with Crippen molar-refractivity contribution in [3.8, 4) is 0 Å². The van der Waals surface area contributed by atoms with Crippen LogP contribution in [0.5, 0.6) is 0 Å². The molecule has 0 atom stereocenters. The maximum Gasteiger partial charge on any atom is 0.272 e. The Balaban J connectivity index is 2.04. The highest BCUT2D eigenvalue weighted by Crippen LogP contribution is 2.14. The Labute approximate surface area is 102 Å². The minimum Gasteiger partial charge on any atom is -0.337 e. The Morgan fingerprint density at radius 3 is 2.76 bits per heavy atom. The van der Waals surface area contributed by atoms with Gasteiger partial charge in [-0.1, -0.05) is 6.07 Å². The Morgan fingerprint density at radius 1 is 1.47 bits per heavy atom. The van der Waals surface area contributed by atoms with Crippen molar-refractivity contribution in [1.82, 2.24) is 15.2 Å². The van der Waals surface area contributed by atoms with Gasteiger partial charge < -0.3 is 10.2 Å². The van der Waals surface area contributed by atoms with Crippen molar-refractivity contribution in [3.63, 3.8) is 0 Å². The molecule has 1 aliphatic rings. The van der Waals surface area contributed by atoms with Crippen molar-refractivity contribution >= 4 is 5.91 Å². The van der Waals surface area contributed by atoms with Gasteiger partial charge in [-0.15, -0.1) is 0 Å². The average molecular weight is 233 g/mol. The summed E-state index contributed by atoms with van der Waals surface area (Å²) in [6.45, 7) is 3.57. The molecule has 0 aromatic carbocycles. The van der Waals surface area contributed by atoms with Crippen molar-refractivity contribution in [2.24, 2.45) is 0 Å². The molecule has 0 spiro atoms. The van der Waals surface area contributed by atoms with Crippen molar-refractivity contribution in [2.75, 3.05) is 20.1 Å². The first-order chi connectivity index (χ1) is 8.22. The topological polar surface area (TPSA) is 45.2 Å². The highest BCUT2D eigenvalue weighted by Gasteiger charge is 2.24. The number of likely N-dealkylation sites (tertiary alicyclic amines) is 1. The molecule has 4 nitrogen and oxygen atoms in total. The molecular formula is C13H19N3O. The number of amides is 1. The quantitative estimate of drug-likeness (QED) is 0.835. The first-order valence-corrected chi connectivity index (χ1v) is 6.10. The monoisotopic (exact) mass is 233 g/mol. The summed E-state index contributed by atoms with van der Waals surface area (Å²) < 4.78 is 0. The third kappa shape index (κ3) is 2.64. The van der Waals surface area contributed by atoms with E-state index >= 15 is 0 Å². The molecule has 2 rings (SSSR count). The first kappa shape index (κ1) is 12.0. The summed E-state index contributed by atoms with van der Waals surface area (Å²) in [6.07, 6.45) is 3.73. The molecule has 0 aliphatic carbocycles. The lowest BCUT2D eigenvalue weighted by Crippen LogP contribution is -2.44. The van der Waals surface area contributed by atoms with Crippen LogP contribution in [0, 0.1) is 6.92 Å². The molecule has 1 saturated heterocycles. The molecule has 1 N–H and O–H groups in total. The lowest BCUT2D eigenvalue weighted by Gasteiger charge is -2.31. The lowest BCUT2D eigenvalue weighted by molar-refractivity contribution is 0.0700. The van der Waals surface area contributed by atoms with Gasteiger partial charge in [-0.2, -0.15) is 0 Å². The predicted molar refractivity (Wildman–Crippen MR) is 67.0 cm³/mol. The zero-order chi connectivity index (χ0) is 12.3. The highest BCUT2D eigenvalue weighted by molar-refractivity contribution is 5.93. The first-order valence-electron chi connectivity index (χ1n) is 6.10. The maximum atomic E-state index is 12.3. The lowest BCUT2D eigenvalue weighted by atomic mass is 10.0. The van der Waals surface area contributed by atoms with Crippen LogP contribution in [0.2, 0.25) is 0 Å². The van der Waals surface area contributed by atoms with Gasteiger partial charge >= 0.3 is 0 Å². The fourth-order valence-corrected chi connectivity index (χ4v) is 2.23. The fraction of sp³-hybridized carbons (Fsp3) is 0.538. The number of nitrogens with one attached hydrogen (secondary N) is 1. The number of hydrogen-bond donors (Lipinski definition) is 1. The van der Waals surface area contributed by atoms with E-state index in [2.05, 4.69) is 10.3 Å². The van der Waals surface area contributed by atoms with Crippen LogP contribution in [0.3, 0.4) is 0 Å². The molecule has 1 fully saturated rings. The summed E-state index contributed by atoms with van der Waals surface area (Å²) in [6, 6.07) is 4.34. The van der Waals surface area contributed by atoms with Crippen LogP contribution < -0.4 is 5.32 Å². The molecule has 0 saturated carbocycles. The van der Waals surface area contributed by atoms with Crippen molar-refractivity contribution in [2.45, 2.75) is 25.8 Å². The zero-order valence-corrected chi connectivity index (χ0v) is 10.4. The number of aromatic nitrogens is 1. The van der Waals surface area contributed by atoms with Crippen molar-refractivity contribution in [3.05, 3.63) is 29.6 Å². The van der Waals surface area contributed by atoms with Crippen LogP contribution in [-0.4, -0.2) is 42.0 Å². The standard InChI is InChI=1S/C13H19N3O/c1-10-4-3-7-15-12(10)13(17)16-8-5-11(14-2)6-9-16/h3-4,7,11,14H,5-6,8-9H2,1-2H3. The van der Waals surface area contributed by atoms with E-state index in [0.29, 0.717) is 11.7 Å². The normalized spacial score (nSPS) is 17.2. The molecule has 0 bridgehead atoms. The van der Waals surface area contributed by atoms with Crippen LogP contribution in [0.15, 0.2) is 18.3 Å². The number of carbonyl (C=O) groups is 1. The Bertz CT molecular complexity index is 397. The second-order valence-electron chi connectivity index (χ2n) is 4.52. The third-order valence-electron chi connectivity index (χ3n) is 3.40. The molecule has 1 aromatic rings. The fourth-order valence-electron chi connectivity index (χ4n) is 2.23. The molecule has 1 amide bonds. The molecule has 4 heteroatoms. The van der Waals surface area contributed by atoms with Crippen LogP contribution in [0.25, 0.3) is 0 Å². The van der Waals surface area contributed by atoms with Gasteiger partial charge in [-0.05, 0) is 38.4 Å². The number of piperidine rings is 1. The second kappa shape index (κ2) is 5.27. The number of pyridine rings is 1. The number of aryl methyl sites for hydroxylation is 1. The molecule has 1 aromatic heterocycles. The number of carbonyl (C=O) groups excluding carboxylic acids is 1. The van der Waals surface area contributed by atoms with Gasteiger partial charge in [0.1, 0.15) is 5.69 Å². The maximum absolute atomic E-state index is 12.3. The smallest absolute Gasteiger partial charge is 0.272 e. The molecule has 2 heterocycles. The Morgan fingerprint density at radius 2 is 2.18 bits per heavy atom. The van der Waals surface area contributed by atoms with E-state index in [0.717, 1.165) is 31.5 Å². The van der Waals surface area contributed by atoms with Crippen molar-refractivity contribution in [1.29, 1.82) is 0 Å². The molecule has 92 valence electrons. The highest BCUT2D eigenvalue weighted by atomic mass is 16.2. The van der Waals surface area contributed by atoms with Crippen LogP contribution in [0.4, 0.5) is 0 Å². The van der Waals surface area contributed by atoms with Crippen LogP contribution >= 0.6 is 0 Å². The molecule has 0 unspecified atom stereocenters. The summed E-state index contributed by atoms with van der Waals surface area (Å²) in [5.41, 5.74) is 1.55. The van der Waals surface area contributed by atoms with Gasteiger partial charge in [0.15, 0.2) is 0 Å². The molecule has 0 radical (unpaired) electrons. The van der Waals surface area contributed by atoms with Crippen molar-refractivity contribution < 1.29 is 4.79 Å². The van der Waals surface area contributed by atoms with Gasteiger partial charge in [0.25, 0.3) is 5.91 Å². The summed E-state index contributed by atoms with van der Waals surface area (Å²) in [7, 11) is 1.98. The van der Waals surface area contributed by atoms with E-state index in [1.165, 1.54) is 0 Å². The minimum atomic E-state index is 0.0673. The van der Waals surface area contributed by atoms with Gasteiger partial charge in [0.05, 0.1) is 0 Å². The van der Waals surface area contributed by atoms with E-state index in [1.54, 1.807) is 6.20 Å². The minimum absolute atomic E-state index is 0.0673. The summed E-state index contributed by atoms with van der Waals surface area (Å²) in [5, 5.41) is 3.26. The van der Waals surface area contributed by atoms with E-state index < -0.39 is 0 Å². The summed E-state index contributed by atoms with van der Waals surface area (Å²) in [5.74, 6) is 0.0673. The number of hydrogen-bond acceptors (Lipinski definition) is 3. The summed E-state index contributed by atoms with van der Waals surface area (Å²) >= 11 is 0. The molecular weight excluding hydrogens is 214 g/mol. The largest absolute Gasteiger partial charge is 0.337 e. The summed E-state index contributed by atoms with van der Waals surface area (Å²) in [4.78, 5) is 18.4. The third-order valence-corrected chi connectivity index (χ3v) is 3.40. The Hall–Kier alpha value is -1.42. The molecule has 17 heavy (non-hydrogen) atoms. The number of nitrogens with zero attached hydrogens (tertiary/aromatic N) is 2. The van der Waals surface area contributed by atoms with Crippen LogP contribution in [-0.2, 0) is 0 Å². The Kier molecular flexibility index (Phi) is 3.74. The zero-order valence-electron chi connectivity index (χ0n) is 10.4. The van der Waals surface area contributed by atoms with Gasteiger partial charge in [-0.3, -0.25) is 9.78 Å². The van der Waals surface area contributed by atoms with E-state index in [4.69, 9.17) is 0 Å². The predicted octanol–water partition coefficient (Wildman–Crippen LogP) is 1.21. The van der Waals surface area contributed by atoms with E-state index in [9.17, 15) is 4.79 Å². The number of rotatable bonds is 2. The van der Waals surface area contributed by atoms with Gasteiger partial charge in [0.2, 0.25) is 0 Å².